The predicted octanol–water partition coefficient (Wildman–Crippen LogP) is 2.59. The molecular formula is C20H24N6O3. The lowest BCUT2D eigenvalue weighted by atomic mass is 10.2. The van der Waals surface area contributed by atoms with Crippen LogP contribution >= 0.6 is 0 Å². The number of nitro groups is 1. The third-order valence-corrected chi connectivity index (χ3v) is 4.99. The van der Waals surface area contributed by atoms with E-state index in [1.165, 1.54) is 4.68 Å². The van der Waals surface area contributed by atoms with Crippen molar-refractivity contribution in [2.75, 3.05) is 0 Å². The van der Waals surface area contributed by atoms with Crippen molar-refractivity contribution < 1.29 is 9.72 Å². The van der Waals surface area contributed by atoms with Crippen LogP contribution in [0.15, 0.2) is 30.3 Å². The summed E-state index contributed by atoms with van der Waals surface area (Å²) in [5, 5.41) is 22.7. The standard InChI is InChI=1S/C20H24N6O3/c1-13-18(15(3)24(22-13)11-17-8-6-5-7-9-17)10-21-19(27)12-25-16(4)20(26(28)29)14(2)23-25/h5-9H,10-12H2,1-4H3,(H,21,27). The molecule has 0 spiro atoms. The average molecular weight is 396 g/mol. The van der Waals surface area contributed by atoms with Crippen LogP contribution in [0.5, 0.6) is 0 Å². The van der Waals surface area contributed by atoms with Gasteiger partial charge in [-0.15, -0.1) is 0 Å². The van der Waals surface area contributed by atoms with Gasteiger partial charge in [0.15, 0.2) is 0 Å². The third kappa shape index (κ3) is 4.34. The summed E-state index contributed by atoms with van der Waals surface area (Å²) in [6.45, 7) is 7.98. The van der Waals surface area contributed by atoms with Gasteiger partial charge in [0.1, 0.15) is 17.9 Å². The molecular weight excluding hydrogens is 372 g/mol. The van der Waals surface area contributed by atoms with E-state index in [1.807, 2.05) is 48.9 Å². The molecule has 1 amide bonds. The normalized spacial score (nSPS) is 10.9. The smallest absolute Gasteiger partial charge is 0.312 e. The maximum absolute atomic E-state index is 12.4. The van der Waals surface area contributed by atoms with Gasteiger partial charge < -0.3 is 5.32 Å². The Balaban J connectivity index is 1.66. The van der Waals surface area contributed by atoms with E-state index in [2.05, 4.69) is 15.5 Å². The number of hydrogen-bond acceptors (Lipinski definition) is 5. The number of benzene rings is 1. The molecule has 0 aliphatic carbocycles. The number of nitrogens with zero attached hydrogens (tertiary/aromatic N) is 5. The van der Waals surface area contributed by atoms with E-state index in [-0.39, 0.29) is 18.1 Å². The van der Waals surface area contributed by atoms with E-state index in [0.29, 0.717) is 24.5 Å². The van der Waals surface area contributed by atoms with Crippen LogP contribution in [0.2, 0.25) is 0 Å². The van der Waals surface area contributed by atoms with E-state index in [0.717, 1.165) is 22.5 Å². The van der Waals surface area contributed by atoms with E-state index < -0.39 is 4.92 Å². The maximum atomic E-state index is 12.4. The molecule has 1 N–H and O–H groups in total. The highest BCUT2D eigenvalue weighted by molar-refractivity contribution is 5.75. The van der Waals surface area contributed by atoms with Crippen LogP contribution < -0.4 is 5.32 Å². The predicted molar refractivity (Wildman–Crippen MR) is 107 cm³/mol. The zero-order valence-corrected chi connectivity index (χ0v) is 17.0. The Morgan fingerprint density at radius 3 is 2.31 bits per heavy atom. The lowest BCUT2D eigenvalue weighted by Gasteiger charge is -2.08. The van der Waals surface area contributed by atoms with Gasteiger partial charge in [-0.1, -0.05) is 30.3 Å². The van der Waals surface area contributed by atoms with Gasteiger partial charge in [-0.2, -0.15) is 10.2 Å². The molecule has 2 heterocycles. The second-order valence-electron chi connectivity index (χ2n) is 7.00. The number of aryl methyl sites for hydroxylation is 2. The van der Waals surface area contributed by atoms with Crippen LogP contribution in [0.25, 0.3) is 0 Å². The van der Waals surface area contributed by atoms with E-state index in [9.17, 15) is 14.9 Å². The van der Waals surface area contributed by atoms with Crippen molar-refractivity contribution in [2.24, 2.45) is 0 Å². The fourth-order valence-electron chi connectivity index (χ4n) is 3.38. The first-order chi connectivity index (χ1) is 13.8. The molecule has 0 saturated heterocycles. The van der Waals surface area contributed by atoms with Crippen molar-refractivity contribution in [3.05, 3.63) is 74.3 Å². The number of carbonyl (C=O) groups excluding carboxylic acids is 1. The van der Waals surface area contributed by atoms with Gasteiger partial charge in [0, 0.05) is 17.8 Å². The number of rotatable bonds is 7. The van der Waals surface area contributed by atoms with Crippen molar-refractivity contribution in [3.63, 3.8) is 0 Å². The molecule has 0 unspecified atom stereocenters. The summed E-state index contributed by atoms with van der Waals surface area (Å²) in [5.41, 5.74) is 4.59. The number of hydrogen-bond donors (Lipinski definition) is 1. The van der Waals surface area contributed by atoms with Crippen LogP contribution in [0.4, 0.5) is 5.69 Å². The highest BCUT2D eigenvalue weighted by Gasteiger charge is 2.23. The van der Waals surface area contributed by atoms with Gasteiger partial charge in [0.2, 0.25) is 5.91 Å². The van der Waals surface area contributed by atoms with Gasteiger partial charge in [-0.3, -0.25) is 24.3 Å². The summed E-state index contributed by atoms with van der Waals surface area (Å²) in [6, 6.07) is 10.1. The fourth-order valence-corrected chi connectivity index (χ4v) is 3.38. The first kappa shape index (κ1) is 20.2. The van der Waals surface area contributed by atoms with Crippen LogP contribution in [0.3, 0.4) is 0 Å². The highest BCUT2D eigenvalue weighted by atomic mass is 16.6. The number of aromatic nitrogens is 4. The molecule has 3 rings (SSSR count). The molecule has 0 radical (unpaired) electrons. The maximum Gasteiger partial charge on any atom is 0.312 e. The SMILES string of the molecule is Cc1nn(Cc2ccccc2)c(C)c1CNC(=O)Cn1nc(C)c([N+](=O)[O-])c1C. The Hall–Kier alpha value is -3.49. The minimum absolute atomic E-state index is 0.0494. The third-order valence-electron chi connectivity index (χ3n) is 4.99. The van der Waals surface area contributed by atoms with Crippen LogP contribution in [0, 0.1) is 37.8 Å². The van der Waals surface area contributed by atoms with Gasteiger partial charge in [-0.05, 0) is 33.3 Å². The highest BCUT2D eigenvalue weighted by Crippen LogP contribution is 2.21. The molecule has 2 aromatic heterocycles. The quantitative estimate of drug-likeness (QED) is 0.488. The summed E-state index contributed by atoms with van der Waals surface area (Å²) < 4.78 is 3.29. The number of nitrogens with one attached hydrogen (secondary N) is 1. The Labute approximate surface area is 168 Å². The van der Waals surface area contributed by atoms with Crippen molar-refractivity contribution in [2.45, 2.75) is 47.3 Å². The monoisotopic (exact) mass is 396 g/mol. The molecule has 0 bridgehead atoms. The van der Waals surface area contributed by atoms with Gasteiger partial charge >= 0.3 is 5.69 Å². The molecule has 9 heteroatoms. The minimum atomic E-state index is -0.472. The Bertz CT molecular complexity index is 1050. The van der Waals surface area contributed by atoms with Crippen molar-refractivity contribution in [3.8, 4) is 0 Å². The fraction of sp³-hybridized carbons (Fsp3) is 0.350. The second kappa shape index (κ2) is 8.26. The number of amides is 1. The molecule has 0 aliphatic rings. The zero-order chi connectivity index (χ0) is 21.1. The summed E-state index contributed by atoms with van der Waals surface area (Å²) in [7, 11) is 0. The van der Waals surface area contributed by atoms with Crippen LogP contribution in [-0.4, -0.2) is 30.4 Å². The minimum Gasteiger partial charge on any atom is -0.350 e. The van der Waals surface area contributed by atoms with E-state index in [4.69, 9.17) is 0 Å². The van der Waals surface area contributed by atoms with Gasteiger partial charge in [0.25, 0.3) is 0 Å². The number of carbonyl (C=O) groups is 1. The molecule has 152 valence electrons. The molecule has 0 saturated carbocycles. The molecule has 1 aromatic carbocycles. The molecule has 0 fully saturated rings. The van der Waals surface area contributed by atoms with E-state index >= 15 is 0 Å². The zero-order valence-electron chi connectivity index (χ0n) is 17.0. The average Bonchev–Trinajstić information content (AvgIpc) is 3.09. The van der Waals surface area contributed by atoms with E-state index in [1.54, 1.807) is 13.8 Å². The van der Waals surface area contributed by atoms with Crippen LogP contribution in [-0.2, 0) is 24.4 Å². The molecule has 29 heavy (non-hydrogen) atoms. The van der Waals surface area contributed by atoms with Gasteiger partial charge in [0.05, 0.1) is 17.2 Å². The lowest BCUT2D eigenvalue weighted by Crippen LogP contribution is -2.28. The molecule has 3 aromatic rings. The summed E-state index contributed by atoms with van der Waals surface area (Å²) >= 11 is 0. The Morgan fingerprint density at radius 1 is 1.03 bits per heavy atom. The van der Waals surface area contributed by atoms with Crippen molar-refractivity contribution >= 4 is 11.6 Å². The topological polar surface area (TPSA) is 108 Å². The summed E-state index contributed by atoms with van der Waals surface area (Å²) in [5.74, 6) is -0.264. The second-order valence-corrected chi connectivity index (χ2v) is 7.00. The van der Waals surface area contributed by atoms with Crippen molar-refractivity contribution in [1.82, 2.24) is 24.9 Å². The molecule has 0 aliphatic heterocycles. The van der Waals surface area contributed by atoms with Crippen molar-refractivity contribution in [1.29, 1.82) is 0 Å². The summed E-state index contributed by atoms with van der Waals surface area (Å²) in [4.78, 5) is 23.0. The molecule has 9 nitrogen and oxygen atoms in total. The largest absolute Gasteiger partial charge is 0.350 e. The van der Waals surface area contributed by atoms with Crippen LogP contribution in [0.1, 0.15) is 33.9 Å². The first-order valence-electron chi connectivity index (χ1n) is 9.29. The Morgan fingerprint density at radius 2 is 1.69 bits per heavy atom. The van der Waals surface area contributed by atoms with Gasteiger partial charge in [-0.25, -0.2) is 0 Å². The summed E-state index contributed by atoms with van der Waals surface area (Å²) in [6.07, 6.45) is 0. The first-order valence-corrected chi connectivity index (χ1v) is 9.29. The Kier molecular flexibility index (Phi) is 5.76. The lowest BCUT2D eigenvalue weighted by molar-refractivity contribution is -0.386. The molecule has 0 atom stereocenters.